The lowest BCUT2D eigenvalue weighted by Gasteiger charge is -2.16. The second-order valence-corrected chi connectivity index (χ2v) is 6.98. The number of carbonyl (C=O) groups excluding carboxylic acids is 1. The summed E-state index contributed by atoms with van der Waals surface area (Å²) in [6.07, 6.45) is 4.00. The van der Waals surface area contributed by atoms with Gasteiger partial charge in [-0.1, -0.05) is 12.1 Å². The summed E-state index contributed by atoms with van der Waals surface area (Å²) in [5.41, 5.74) is 1.94. The number of fused-ring (bicyclic) bond motifs is 3. The lowest BCUT2D eigenvalue weighted by Crippen LogP contribution is -2.38. The van der Waals surface area contributed by atoms with E-state index in [1.165, 1.54) is 12.3 Å². The second-order valence-electron chi connectivity index (χ2n) is 6.98. The molecule has 0 radical (unpaired) electrons. The van der Waals surface area contributed by atoms with E-state index in [9.17, 15) is 9.18 Å². The van der Waals surface area contributed by atoms with Crippen LogP contribution in [0.5, 0.6) is 0 Å². The number of pyridine rings is 1. The molecule has 4 aromatic rings. The highest BCUT2D eigenvalue weighted by Crippen LogP contribution is 2.24. The third-order valence-electron chi connectivity index (χ3n) is 5.00. The first-order valence-corrected chi connectivity index (χ1v) is 9.51. The lowest BCUT2D eigenvalue weighted by atomic mass is 10.1. The third-order valence-corrected chi connectivity index (χ3v) is 5.00. The first-order valence-electron chi connectivity index (χ1n) is 9.51. The number of amides is 1. The Balaban J connectivity index is 1.65. The fourth-order valence-corrected chi connectivity index (χ4v) is 3.51. The van der Waals surface area contributed by atoms with Crippen LogP contribution in [0.3, 0.4) is 0 Å². The van der Waals surface area contributed by atoms with Crippen LogP contribution in [-0.4, -0.2) is 43.1 Å². The predicted molar refractivity (Wildman–Crippen MR) is 106 cm³/mol. The van der Waals surface area contributed by atoms with Gasteiger partial charge in [0.05, 0.1) is 5.52 Å². The Morgan fingerprint density at radius 1 is 1.14 bits per heavy atom. The Bertz CT molecular complexity index is 1200. The van der Waals surface area contributed by atoms with E-state index in [1.807, 2.05) is 24.3 Å². The van der Waals surface area contributed by atoms with Gasteiger partial charge < -0.3 is 10.6 Å². The highest BCUT2D eigenvalue weighted by Gasteiger charge is 2.23. The van der Waals surface area contributed by atoms with Gasteiger partial charge in [-0.3, -0.25) is 4.79 Å². The fraction of sp³-hybridized carbons (Fsp3) is 0.250. The summed E-state index contributed by atoms with van der Waals surface area (Å²) >= 11 is 0. The Hall–Kier alpha value is -3.62. The highest BCUT2D eigenvalue weighted by atomic mass is 19.1. The van der Waals surface area contributed by atoms with Crippen LogP contribution in [-0.2, 0) is 4.79 Å². The maximum Gasteiger partial charge on any atom is 0.242 e. The molecule has 1 saturated heterocycles. The smallest absolute Gasteiger partial charge is 0.242 e. The monoisotopic (exact) mass is 391 g/mol. The number of nitrogens with zero attached hydrogens (tertiary/aromatic N) is 5. The molecule has 0 bridgehead atoms. The molecule has 1 amide bonds. The third kappa shape index (κ3) is 3.24. The minimum absolute atomic E-state index is 0.0475. The molecule has 1 aliphatic heterocycles. The number of aromatic nitrogens is 5. The summed E-state index contributed by atoms with van der Waals surface area (Å²) in [7, 11) is 0. The van der Waals surface area contributed by atoms with Crippen molar-refractivity contribution >= 4 is 28.4 Å². The minimum atomic E-state index is -0.564. The molecule has 1 atom stereocenters. The number of para-hydroxylation sites is 1. The maximum atomic E-state index is 13.2. The number of halogens is 1. The van der Waals surface area contributed by atoms with Crippen LogP contribution < -0.4 is 10.6 Å². The molecule has 4 heterocycles. The van der Waals surface area contributed by atoms with Gasteiger partial charge >= 0.3 is 0 Å². The van der Waals surface area contributed by atoms with E-state index >= 15 is 0 Å². The van der Waals surface area contributed by atoms with Crippen molar-refractivity contribution in [2.24, 2.45) is 0 Å². The van der Waals surface area contributed by atoms with Crippen LogP contribution in [0.1, 0.15) is 19.3 Å². The Morgan fingerprint density at radius 2 is 2.03 bits per heavy atom. The van der Waals surface area contributed by atoms with Crippen molar-refractivity contribution in [2.45, 2.75) is 25.3 Å². The zero-order valence-electron chi connectivity index (χ0n) is 15.5. The molecule has 29 heavy (non-hydrogen) atoms. The van der Waals surface area contributed by atoms with Crippen molar-refractivity contribution in [3.05, 3.63) is 48.5 Å². The van der Waals surface area contributed by atoms with Gasteiger partial charge in [0.1, 0.15) is 6.04 Å². The van der Waals surface area contributed by atoms with Crippen LogP contribution in [0.2, 0.25) is 0 Å². The Kier molecular flexibility index (Phi) is 4.27. The highest BCUT2D eigenvalue weighted by molar-refractivity contribution is 5.93. The van der Waals surface area contributed by atoms with E-state index in [2.05, 4.69) is 30.7 Å². The summed E-state index contributed by atoms with van der Waals surface area (Å²) in [6, 6.07) is 10.1. The molecule has 3 aromatic heterocycles. The normalized spacial score (nSPS) is 17.3. The quantitative estimate of drug-likeness (QED) is 0.521. The van der Waals surface area contributed by atoms with Gasteiger partial charge in [-0.25, -0.2) is 15.0 Å². The lowest BCUT2D eigenvalue weighted by molar-refractivity contribution is -0.121. The molecule has 2 N–H and O–H groups in total. The van der Waals surface area contributed by atoms with E-state index in [4.69, 9.17) is 0 Å². The molecule has 0 spiro atoms. The molecule has 9 heteroatoms. The topological polar surface area (TPSA) is 97.1 Å². The van der Waals surface area contributed by atoms with Gasteiger partial charge in [-0.15, -0.1) is 5.10 Å². The second kappa shape index (κ2) is 7.08. The van der Waals surface area contributed by atoms with Gasteiger partial charge in [0.2, 0.25) is 17.8 Å². The van der Waals surface area contributed by atoms with Crippen molar-refractivity contribution < 1.29 is 9.18 Å². The number of nitrogens with one attached hydrogen (secondary N) is 2. The van der Waals surface area contributed by atoms with Crippen LogP contribution in [0, 0.1) is 5.95 Å². The summed E-state index contributed by atoms with van der Waals surface area (Å²) in [5.74, 6) is 0.235. The number of carbonyl (C=O) groups is 1. The summed E-state index contributed by atoms with van der Waals surface area (Å²) in [6.45, 7) is 0.683. The Labute approximate surface area is 165 Å². The molecule has 0 aliphatic carbocycles. The molecule has 146 valence electrons. The van der Waals surface area contributed by atoms with Crippen molar-refractivity contribution in [1.82, 2.24) is 29.9 Å². The Morgan fingerprint density at radius 3 is 2.90 bits per heavy atom. The van der Waals surface area contributed by atoms with Crippen LogP contribution >= 0.6 is 0 Å². The molecular weight excluding hydrogens is 373 g/mol. The summed E-state index contributed by atoms with van der Waals surface area (Å²) in [5, 5.41) is 11.6. The fourth-order valence-electron chi connectivity index (χ4n) is 3.51. The van der Waals surface area contributed by atoms with Crippen molar-refractivity contribution in [1.29, 1.82) is 0 Å². The average molecular weight is 391 g/mol. The minimum Gasteiger partial charge on any atom is -0.354 e. The molecule has 8 nitrogen and oxygen atoms in total. The van der Waals surface area contributed by atoms with Crippen LogP contribution in [0.25, 0.3) is 27.9 Å². The van der Waals surface area contributed by atoms with Crippen LogP contribution in [0.4, 0.5) is 10.3 Å². The van der Waals surface area contributed by atoms with Gasteiger partial charge in [0.15, 0.2) is 11.5 Å². The zero-order valence-corrected chi connectivity index (χ0v) is 15.5. The van der Waals surface area contributed by atoms with Gasteiger partial charge in [0, 0.05) is 23.7 Å². The standard InChI is InChI=1S/C20H18FN7O/c21-16-9-8-12(11-23-16)17-26-18-13-5-1-2-6-14(13)24-20(28(18)27-17)25-15-7-3-4-10-22-19(15)29/h1-2,5-6,8-9,11,15H,3-4,7,10H2,(H,22,29)(H,24,25)/t15-/m1/s1. The van der Waals surface area contributed by atoms with Gasteiger partial charge in [-0.2, -0.15) is 8.91 Å². The molecule has 0 saturated carbocycles. The number of benzene rings is 1. The first kappa shape index (κ1) is 17.5. The first-order chi connectivity index (χ1) is 14.2. The van der Waals surface area contributed by atoms with Gasteiger partial charge in [-0.05, 0) is 43.5 Å². The number of rotatable bonds is 3. The number of hydrogen-bond donors (Lipinski definition) is 2. The maximum absolute atomic E-state index is 13.2. The van der Waals surface area contributed by atoms with Crippen molar-refractivity contribution in [3.8, 4) is 11.4 Å². The zero-order chi connectivity index (χ0) is 19.8. The van der Waals surface area contributed by atoms with Crippen LogP contribution in [0.15, 0.2) is 42.6 Å². The molecule has 1 aromatic carbocycles. The van der Waals surface area contributed by atoms with Gasteiger partial charge in [0.25, 0.3) is 0 Å². The molecule has 5 rings (SSSR count). The van der Waals surface area contributed by atoms with E-state index in [0.29, 0.717) is 35.9 Å². The largest absolute Gasteiger partial charge is 0.354 e. The summed E-state index contributed by atoms with van der Waals surface area (Å²) < 4.78 is 14.8. The molecular formula is C20H18FN7O. The average Bonchev–Trinajstić information content (AvgIpc) is 3.09. The van der Waals surface area contributed by atoms with Crippen molar-refractivity contribution in [2.75, 3.05) is 11.9 Å². The van der Waals surface area contributed by atoms with E-state index < -0.39 is 12.0 Å². The molecule has 0 unspecified atom stereocenters. The summed E-state index contributed by atoms with van der Waals surface area (Å²) in [4.78, 5) is 25.4. The van der Waals surface area contributed by atoms with E-state index in [1.54, 1.807) is 10.6 Å². The van der Waals surface area contributed by atoms with Crippen molar-refractivity contribution in [3.63, 3.8) is 0 Å². The van der Waals surface area contributed by atoms with E-state index in [-0.39, 0.29) is 5.91 Å². The predicted octanol–water partition coefficient (Wildman–Crippen LogP) is 2.56. The SMILES string of the molecule is O=C1NCCCC[C@H]1Nc1nc2ccccc2c2nc(-c3ccc(F)nc3)nn12. The molecule has 1 fully saturated rings. The molecule has 1 aliphatic rings. The number of anilines is 1. The number of hydrogen-bond acceptors (Lipinski definition) is 6. The van der Waals surface area contributed by atoms with E-state index in [0.717, 1.165) is 23.7 Å².